The van der Waals surface area contributed by atoms with E-state index in [1.807, 2.05) is 0 Å². The van der Waals surface area contributed by atoms with Gasteiger partial charge >= 0.3 is 18.2 Å². The van der Waals surface area contributed by atoms with Crippen molar-refractivity contribution in [1.29, 1.82) is 0 Å². The zero-order chi connectivity index (χ0) is 22.4. The first-order valence-corrected chi connectivity index (χ1v) is 7.71. The van der Waals surface area contributed by atoms with Gasteiger partial charge in [0.2, 0.25) is 12.1 Å². The van der Waals surface area contributed by atoms with Crippen molar-refractivity contribution in [1.82, 2.24) is 24.5 Å². The number of benzene rings is 1. The van der Waals surface area contributed by atoms with Crippen molar-refractivity contribution >= 4 is 11.6 Å². The monoisotopic (exact) mass is 434 g/mol. The number of imidazole rings is 1. The van der Waals surface area contributed by atoms with Crippen LogP contribution in [0.4, 0.5) is 32.2 Å². The maximum absolute atomic E-state index is 13.0. The number of hydrogen-bond acceptors (Lipinski definition) is 6. The number of nitro groups is 1. The number of aromatic nitrogens is 5. The standard InChI is InChI=1S/C15H8F6N6O3/c1-25-6-22-12(27(29)30)13(25)26-23-5-10(24-26)11(28)7-2-8(14(16,17)18)4-9(3-7)15(19,20)21/h2-6H,1H3. The summed E-state index contributed by atoms with van der Waals surface area (Å²) >= 11 is 0. The number of halogens is 6. The molecule has 0 radical (unpaired) electrons. The lowest BCUT2D eigenvalue weighted by molar-refractivity contribution is -0.389. The predicted molar refractivity (Wildman–Crippen MR) is 84.7 cm³/mol. The molecule has 0 aliphatic rings. The van der Waals surface area contributed by atoms with Crippen molar-refractivity contribution < 1.29 is 36.1 Å². The van der Waals surface area contributed by atoms with E-state index in [9.17, 15) is 41.3 Å². The molecule has 0 N–H and O–H groups in total. The fourth-order valence-corrected chi connectivity index (χ4v) is 2.47. The lowest BCUT2D eigenvalue weighted by Gasteiger charge is -2.13. The first-order valence-electron chi connectivity index (χ1n) is 7.71. The maximum Gasteiger partial charge on any atom is 0.416 e. The van der Waals surface area contributed by atoms with Crippen LogP contribution in [0.25, 0.3) is 5.82 Å². The van der Waals surface area contributed by atoms with E-state index in [0.29, 0.717) is 4.80 Å². The van der Waals surface area contributed by atoms with Crippen molar-refractivity contribution in [3.8, 4) is 5.82 Å². The van der Waals surface area contributed by atoms with E-state index in [4.69, 9.17) is 0 Å². The molecule has 0 aliphatic heterocycles. The van der Waals surface area contributed by atoms with Crippen LogP contribution >= 0.6 is 0 Å². The molecule has 158 valence electrons. The van der Waals surface area contributed by atoms with Gasteiger partial charge in [0, 0.05) is 12.6 Å². The van der Waals surface area contributed by atoms with Crippen LogP contribution < -0.4 is 0 Å². The van der Waals surface area contributed by atoms with Gasteiger partial charge in [-0.25, -0.2) is 0 Å². The Morgan fingerprint density at radius 1 is 1.07 bits per heavy atom. The maximum atomic E-state index is 13.0. The zero-order valence-corrected chi connectivity index (χ0v) is 14.6. The third-order valence-electron chi connectivity index (χ3n) is 3.82. The van der Waals surface area contributed by atoms with Gasteiger partial charge in [-0.1, -0.05) is 0 Å². The van der Waals surface area contributed by atoms with Crippen molar-refractivity contribution in [2.24, 2.45) is 7.05 Å². The fraction of sp³-hybridized carbons (Fsp3) is 0.200. The van der Waals surface area contributed by atoms with Crippen LogP contribution in [0.2, 0.25) is 0 Å². The average Bonchev–Trinajstić information content (AvgIpc) is 3.25. The van der Waals surface area contributed by atoms with Crippen molar-refractivity contribution in [3.63, 3.8) is 0 Å². The molecule has 3 aromatic rings. The van der Waals surface area contributed by atoms with E-state index in [1.54, 1.807) is 0 Å². The molecule has 30 heavy (non-hydrogen) atoms. The number of aryl methyl sites for hydroxylation is 1. The van der Waals surface area contributed by atoms with Gasteiger partial charge in [0.25, 0.3) is 5.82 Å². The fourth-order valence-electron chi connectivity index (χ4n) is 2.47. The van der Waals surface area contributed by atoms with E-state index >= 15 is 0 Å². The summed E-state index contributed by atoms with van der Waals surface area (Å²) < 4.78 is 79.0. The summed E-state index contributed by atoms with van der Waals surface area (Å²) in [5, 5.41) is 18.3. The minimum absolute atomic E-state index is 0.118. The SMILES string of the molecule is Cn1cnc([N+](=O)[O-])c1-n1ncc(C(=O)c2cc(C(F)(F)F)cc(C(F)(F)F)c2)n1. The van der Waals surface area contributed by atoms with E-state index in [-0.39, 0.29) is 24.0 Å². The average molecular weight is 434 g/mol. The van der Waals surface area contributed by atoms with Crippen molar-refractivity contribution in [3.05, 3.63) is 63.2 Å². The largest absolute Gasteiger partial charge is 0.416 e. The summed E-state index contributed by atoms with van der Waals surface area (Å²) in [5.74, 6) is -2.24. The predicted octanol–water partition coefficient (Wildman–Crippen LogP) is 3.18. The third-order valence-corrected chi connectivity index (χ3v) is 3.82. The van der Waals surface area contributed by atoms with Crippen molar-refractivity contribution in [2.75, 3.05) is 0 Å². The normalized spacial score (nSPS) is 12.2. The van der Waals surface area contributed by atoms with Crippen LogP contribution in [-0.2, 0) is 19.4 Å². The molecule has 0 bridgehead atoms. The number of rotatable bonds is 4. The summed E-state index contributed by atoms with van der Waals surface area (Å²) in [5.41, 5.74) is -4.90. The van der Waals surface area contributed by atoms with Gasteiger partial charge in [0.05, 0.1) is 17.3 Å². The molecular weight excluding hydrogens is 426 g/mol. The number of carbonyl (C=O) groups is 1. The lowest BCUT2D eigenvalue weighted by Crippen LogP contribution is -2.14. The first-order chi connectivity index (χ1) is 13.8. The molecule has 0 unspecified atom stereocenters. The molecule has 0 amide bonds. The highest BCUT2D eigenvalue weighted by Gasteiger charge is 2.38. The Hall–Kier alpha value is -3.78. The Bertz CT molecular complexity index is 1110. The summed E-state index contributed by atoms with van der Waals surface area (Å²) in [6.07, 6.45) is -8.46. The third kappa shape index (κ3) is 3.85. The highest BCUT2D eigenvalue weighted by atomic mass is 19.4. The Morgan fingerprint density at radius 3 is 2.13 bits per heavy atom. The number of hydrogen-bond donors (Lipinski definition) is 0. The van der Waals surface area contributed by atoms with Crippen LogP contribution in [-0.4, -0.2) is 35.3 Å². The molecule has 0 aliphatic carbocycles. The molecular formula is C15H8F6N6O3. The second-order valence-corrected chi connectivity index (χ2v) is 5.90. The number of carbonyl (C=O) groups excluding carboxylic acids is 1. The number of nitrogens with zero attached hydrogens (tertiary/aromatic N) is 6. The summed E-state index contributed by atoms with van der Waals surface area (Å²) in [6, 6.07) is 0.388. The van der Waals surface area contributed by atoms with E-state index in [2.05, 4.69) is 15.2 Å². The summed E-state index contributed by atoms with van der Waals surface area (Å²) in [4.78, 5) is 26.8. The van der Waals surface area contributed by atoms with Crippen LogP contribution in [0.15, 0.2) is 30.7 Å². The van der Waals surface area contributed by atoms with E-state index in [1.165, 1.54) is 7.05 Å². The summed E-state index contributed by atoms with van der Waals surface area (Å²) in [7, 11) is 1.35. The van der Waals surface area contributed by atoms with Gasteiger partial charge in [-0.05, 0) is 28.1 Å². The van der Waals surface area contributed by atoms with Crippen molar-refractivity contribution in [2.45, 2.75) is 12.4 Å². The Labute approximate surface area is 161 Å². The van der Waals surface area contributed by atoms with Crippen LogP contribution in [0.1, 0.15) is 27.2 Å². The number of ketones is 1. The second kappa shape index (κ2) is 6.93. The Morgan fingerprint density at radius 2 is 1.63 bits per heavy atom. The van der Waals surface area contributed by atoms with Gasteiger partial charge < -0.3 is 10.1 Å². The highest BCUT2D eigenvalue weighted by Crippen LogP contribution is 2.36. The molecule has 2 heterocycles. The molecule has 9 nitrogen and oxygen atoms in total. The second-order valence-electron chi connectivity index (χ2n) is 5.90. The molecule has 0 saturated carbocycles. The Kier molecular flexibility index (Phi) is 4.83. The van der Waals surface area contributed by atoms with Gasteiger partial charge in [-0.15, -0.1) is 9.90 Å². The molecule has 2 aromatic heterocycles. The minimum Gasteiger partial charge on any atom is -0.358 e. The molecule has 0 spiro atoms. The quantitative estimate of drug-likeness (QED) is 0.270. The van der Waals surface area contributed by atoms with Gasteiger partial charge in [0.1, 0.15) is 0 Å². The van der Waals surface area contributed by atoms with Crippen LogP contribution in [0, 0.1) is 10.1 Å². The smallest absolute Gasteiger partial charge is 0.358 e. The Balaban J connectivity index is 2.07. The first kappa shape index (κ1) is 20.9. The topological polar surface area (TPSA) is 109 Å². The molecule has 15 heteroatoms. The molecule has 1 aromatic carbocycles. The van der Waals surface area contributed by atoms with Crippen LogP contribution in [0.3, 0.4) is 0 Å². The van der Waals surface area contributed by atoms with E-state index in [0.717, 1.165) is 17.1 Å². The minimum atomic E-state index is -5.14. The molecule has 3 rings (SSSR count). The summed E-state index contributed by atoms with van der Waals surface area (Å²) in [6.45, 7) is 0. The lowest BCUT2D eigenvalue weighted by atomic mass is 10.0. The van der Waals surface area contributed by atoms with Gasteiger partial charge in [-0.2, -0.15) is 31.4 Å². The molecule has 0 saturated heterocycles. The van der Waals surface area contributed by atoms with Crippen LogP contribution in [0.5, 0.6) is 0 Å². The highest BCUT2D eigenvalue weighted by molar-refractivity contribution is 6.07. The van der Waals surface area contributed by atoms with E-state index < -0.39 is 51.3 Å². The molecule has 0 fully saturated rings. The number of alkyl halides is 6. The zero-order valence-electron chi connectivity index (χ0n) is 14.6. The molecule has 0 atom stereocenters. The van der Waals surface area contributed by atoms with Gasteiger partial charge in [0.15, 0.2) is 5.69 Å². The van der Waals surface area contributed by atoms with Gasteiger partial charge in [-0.3, -0.25) is 9.36 Å².